The van der Waals surface area contributed by atoms with Gasteiger partial charge in [-0.15, -0.1) is 0 Å². The quantitative estimate of drug-likeness (QED) is 0.842. The number of hydrogen-bond acceptors (Lipinski definition) is 4. The van der Waals surface area contributed by atoms with E-state index in [-0.39, 0.29) is 22.8 Å². The lowest BCUT2D eigenvalue weighted by Crippen LogP contribution is -2.25. The van der Waals surface area contributed by atoms with Crippen molar-refractivity contribution in [1.29, 1.82) is 0 Å². The van der Waals surface area contributed by atoms with Crippen LogP contribution in [0.15, 0.2) is 18.2 Å². The molecule has 0 bridgehead atoms. The number of Topliss-reactive ketones (excluding diaryl/α,β-unsaturated/α-hetero) is 1. The highest BCUT2D eigenvalue weighted by Crippen LogP contribution is 2.25. The van der Waals surface area contributed by atoms with Crippen molar-refractivity contribution in [2.24, 2.45) is 5.92 Å². The second kappa shape index (κ2) is 5.84. The molecule has 5 heteroatoms. The Bertz CT molecular complexity index is 489. The van der Waals surface area contributed by atoms with E-state index in [2.05, 4.69) is 0 Å². The first-order chi connectivity index (χ1) is 9.13. The molecule has 1 N–H and O–H groups in total. The average molecular weight is 264 g/mol. The second-order valence-electron chi connectivity index (χ2n) is 4.47. The van der Waals surface area contributed by atoms with Crippen molar-refractivity contribution in [3.8, 4) is 5.75 Å². The molecule has 0 spiro atoms. The predicted octanol–water partition coefficient (Wildman–Crippen LogP) is 2.00. The van der Waals surface area contributed by atoms with Crippen LogP contribution in [0.2, 0.25) is 0 Å². The summed E-state index contributed by atoms with van der Waals surface area (Å²) in [4.78, 5) is 23.6. The molecule has 1 aromatic carbocycles. The smallest absolute Gasteiger partial charge is 0.336 e. The van der Waals surface area contributed by atoms with Crippen molar-refractivity contribution < 1.29 is 24.2 Å². The van der Waals surface area contributed by atoms with Crippen molar-refractivity contribution in [1.82, 2.24) is 0 Å². The molecule has 0 unspecified atom stereocenters. The summed E-state index contributed by atoms with van der Waals surface area (Å²) in [6, 6.07) is 4.52. The average Bonchev–Trinajstić information content (AvgIpc) is 2.46. The van der Waals surface area contributed by atoms with Gasteiger partial charge in [0.15, 0.2) is 5.78 Å². The number of carboxylic acids is 1. The molecule has 5 nitrogen and oxygen atoms in total. The standard InChI is InChI=1S/C14H16O5/c1-18-10-2-3-11(12(8-10)14(16)17)13(15)9-4-6-19-7-5-9/h2-3,8-9H,4-7H2,1H3,(H,16,17). The molecule has 2 rings (SSSR count). The van der Waals surface area contributed by atoms with Gasteiger partial charge in [-0.2, -0.15) is 0 Å². The van der Waals surface area contributed by atoms with Gasteiger partial charge in [0.2, 0.25) is 0 Å². The first-order valence-electron chi connectivity index (χ1n) is 6.16. The number of methoxy groups -OCH3 is 1. The number of ketones is 1. The van der Waals surface area contributed by atoms with Crippen LogP contribution in [0.1, 0.15) is 33.6 Å². The summed E-state index contributed by atoms with van der Waals surface area (Å²) in [6.07, 6.45) is 1.29. The Morgan fingerprint density at radius 1 is 1.26 bits per heavy atom. The summed E-state index contributed by atoms with van der Waals surface area (Å²) in [7, 11) is 1.46. The monoisotopic (exact) mass is 264 g/mol. The number of hydrogen-bond donors (Lipinski definition) is 1. The maximum Gasteiger partial charge on any atom is 0.336 e. The molecule has 0 amide bonds. The number of benzene rings is 1. The molecule has 1 saturated heterocycles. The third-order valence-corrected chi connectivity index (χ3v) is 3.31. The van der Waals surface area contributed by atoms with E-state index in [1.807, 2.05) is 0 Å². The number of carbonyl (C=O) groups excluding carboxylic acids is 1. The van der Waals surface area contributed by atoms with E-state index in [0.29, 0.717) is 31.8 Å². The normalized spacial score (nSPS) is 16.1. The van der Waals surface area contributed by atoms with Crippen molar-refractivity contribution >= 4 is 11.8 Å². The van der Waals surface area contributed by atoms with E-state index in [9.17, 15) is 14.7 Å². The molecule has 1 fully saturated rings. The third-order valence-electron chi connectivity index (χ3n) is 3.31. The van der Waals surface area contributed by atoms with E-state index < -0.39 is 5.97 Å². The number of carboxylic acid groups (broad SMARTS) is 1. The van der Waals surface area contributed by atoms with Gasteiger partial charge in [-0.05, 0) is 31.0 Å². The van der Waals surface area contributed by atoms with Crippen LogP contribution in [-0.2, 0) is 4.74 Å². The van der Waals surface area contributed by atoms with Gasteiger partial charge in [-0.25, -0.2) is 4.79 Å². The van der Waals surface area contributed by atoms with E-state index in [1.54, 1.807) is 6.07 Å². The van der Waals surface area contributed by atoms with Gasteiger partial charge in [-0.1, -0.05) is 0 Å². The highest BCUT2D eigenvalue weighted by molar-refractivity contribution is 6.07. The van der Waals surface area contributed by atoms with Crippen LogP contribution in [0, 0.1) is 5.92 Å². The number of rotatable bonds is 4. The number of ether oxygens (including phenoxy) is 2. The number of carbonyl (C=O) groups is 2. The fourth-order valence-corrected chi connectivity index (χ4v) is 2.22. The Balaban J connectivity index is 2.32. The lowest BCUT2D eigenvalue weighted by Gasteiger charge is -2.21. The van der Waals surface area contributed by atoms with Crippen LogP contribution >= 0.6 is 0 Å². The Hall–Kier alpha value is -1.88. The van der Waals surface area contributed by atoms with E-state index >= 15 is 0 Å². The minimum absolute atomic E-state index is 0.00385. The maximum atomic E-state index is 12.4. The zero-order valence-corrected chi connectivity index (χ0v) is 10.7. The van der Waals surface area contributed by atoms with Gasteiger partial charge >= 0.3 is 5.97 Å². The SMILES string of the molecule is COc1ccc(C(=O)C2CCOCC2)c(C(=O)O)c1. The summed E-state index contributed by atoms with van der Waals surface area (Å²) in [6.45, 7) is 1.10. The van der Waals surface area contributed by atoms with Crippen molar-refractivity contribution in [2.75, 3.05) is 20.3 Å². The van der Waals surface area contributed by atoms with Crippen LogP contribution < -0.4 is 4.74 Å². The fraction of sp³-hybridized carbons (Fsp3) is 0.429. The third kappa shape index (κ3) is 2.93. The van der Waals surface area contributed by atoms with Gasteiger partial charge in [0.05, 0.1) is 12.7 Å². The second-order valence-corrected chi connectivity index (χ2v) is 4.47. The Morgan fingerprint density at radius 3 is 2.53 bits per heavy atom. The molecule has 0 saturated carbocycles. The molecule has 0 aromatic heterocycles. The van der Waals surface area contributed by atoms with Crippen molar-refractivity contribution in [2.45, 2.75) is 12.8 Å². The molecular formula is C14H16O5. The highest BCUT2D eigenvalue weighted by Gasteiger charge is 2.26. The Labute approximate surface area is 111 Å². The zero-order chi connectivity index (χ0) is 13.8. The predicted molar refractivity (Wildman–Crippen MR) is 67.8 cm³/mol. The van der Waals surface area contributed by atoms with Crippen LogP contribution in [0.5, 0.6) is 5.75 Å². The molecule has 19 heavy (non-hydrogen) atoms. The summed E-state index contributed by atoms with van der Waals surface area (Å²) >= 11 is 0. The van der Waals surface area contributed by atoms with Crippen molar-refractivity contribution in [3.63, 3.8) is 0 Å². The Kier molecular flexibility index (Phi) is 4.16. The van der Waals surface area contributed by atoms with Gasteiger partial charge in [0.25, 0.3) is 0 Å². The first kappa shape index (κ1) is 13.5. The van der Waals surface area contributed by atoms with Crippen LogP contribution in [0.25, 0.3) is 0 Å². The molecule has 1 aliphatic heterocycles. The molecular weight excluding hydrogens is 248 g/mol. The van der Waals surface area contributed by atoms with Crippen LogP contribution in [0.4, 0.5) is 0 Å². The first-order valence-corrected chi connectivity index (χ1v) is 6.16. The van der Waals surface area contributed by atoms with E-state index in [1.165, 1.54) is 19.2 Å². The lowest BCUT2D eigenvalue weighted by molar-refractivity contribution is 0.0539. The minimum atomic E-state index is -1.12. The zero-order valence-electron chi connectivity index (χ0n) is 10.7. The van der Waals surface area contributed by atoms with E-state index in [4.69, 9.17) is 9.47 Å². The molecule has 1 heterocycles. The van der Waals surface area contributed by atoms with Gasteiger partial charge < -0.3 is 14.6 Å². The van der Waals surface area contributed by atoms with Crippen LogP contribution in [0.3, 0.4) is 0 Å². The van der Waals surface area contributed by atoms with E-state index in [0.717, 1.165) is 0 Å². The molecule has 1 aromatic rings. The highest BCUT2D eigenvalue weighted by atomic mass is 16.5. The topological polar surface area (TPSA) is 72.8 Å². The van der Waals surface area contributed by atoms with Crippen LogP contribution in [-0.4, -0.2) is 37.2 Å². The summed E-state index contributed by atoms with van der Waals surface area (Å²) in [5.41, 5.74) is 0.246. The van der Waals surface area contributed by atoms with Gasteiger partial charge in [-0.3, -0.25) is 4.79 Å². The van der Waals surface area contributed by atoms with Crippen molar-refractivity contribution in [3.05, 3.63) is 29.3 Å². The summed E-state index contributed by atoms with van der Waals surface area (Å²) < 4.78 is 10.2. The minimum Gasteiger partial charge on any atom is -0.497 e. The fourth-order valence-electron chi connectivity index (χ4n) is 2.22. The van der Waals surface area contributed by atoms with Gasteiger partial charge in [0, 0.05) is 24.7 Å². The Morgan fingerprint density at radius 2 is 1.95 bits per heavy atom. The summed E-state index contributed by atoms with van der Waals surface area (Å²) in [5, 5.41) is 9.20. The summed E-state index contributed by atoms with van der Waals surface area (Å²) in [5.74, 6) is -0.959. The molecule has 0 atom stereocenters. The largest absolute Gasteiger partial charge is 0.497 e. The maximum absolute atomic E-state index is 12.4. The molecule has 0 aliphatic carbocycles. The molecule has 102 valence electrons. The molecule has 0 radical (unpaired) electrons. The number of aromatic carboxylic acids is 1. The molecule has 1 aliphatic rings. The van der Waals surface area contributed by atoms with Gasteiger partial charge in [0.1, 0.15) is 5.75 Å². The lowest BCUT2D eigenvalue weighted by atomic mass is 9.89.